The highest BCUT2D eigenvalue weighted by Gasteiger charge is 2.61. The zero-order valence-corrected chi connectivity index (χ0v) is 20.9. The third-order valence-electron chi connectivity index (χ3n) is 6.57. The Morgan fingerprint density at radius 3 is 2.53 bits per heavy atom. The van der Waals surface area contributed by atoms with E-state index in [4.69, 9.17) is 18.9 Å². The lowest BCUT2D eigenvalue weighted by Gasteiger charge is -2.47. The van der Waals surface area contributed by atoms with Crippen molar-refractivity contribution in [3.63, 3.8) is 0 Å². The van der Waals surface area contributed by atoms with Crippen LogP contribution in [0.5, 0.6) is 5.75 Å². The minimum atomic E-state index is -0.891. The number of carbonyl (C=O) groups is 3. The topological polar surface area (TPSA) is 112 Å². The van der Waals surface area contributed by atoms with Gasteiger partial charge in [0.05, 0.1) is 18.6 Å². The first-order valence-corrected chi connectivity index (χ1v) is 11.9. The largest absolute Gasteiger partial charge is 0.508 e. The molecule has 0 radical (unpaired) electrons. The molecule has 1 fully saturated rings. The quantitative estimate of drug-likeness (QED) is 0.265. The van der Waals surface area contributed by atoms with E-state index in [1.807, 2.05) is 26.0 Å². The van der Waals surface area contributed by atoms with Crippen LogP contribution in [0.4, 0.5) is 4.79 Å². The van der Waals surface area contributed by atoms with Gasteiger partial charge in [-0.05, 0) is 30.5 Å². The maximum atomic E-state index is 13.2. The molecule has 9 heteroatoms. The maximum Gasteiger partial charge on any atom is 0.508 e. The van der Waals surface area contributed by atoms with Gasteiger partial charge in [-0.25, -0.2) is 9.59 Å². The summed E-state index contributed by atoms with van der Waals surface area (Å²) in [7, 11) is 0. The Kier molecular flexibility index (Phi) is 8.93. The van der Waals surface area contributed by atoms with Crippen LogP contribution in [0.3, 0.4) is 0 Å². The average molecular weight is 500 g/mol. The Hall–Kier alpha value is -3.59. The molecule has 2 aliphatic heterocycles. The second kappa shape index (κ2) is 11.9. The molecule has 0 spiro atoms. The predicted octanol–water partition coefficient (Wildman–Crippen LogP) is 3.31. The molecule has 2 aliphatic rings. The van der Waals surface area contributed by atoms with Gasteiger partial charge in [0.1, 0.15) is 37.4 Å². The Morgan fingerprint density at radius 1 is 1.19 bits per heavy atom. The van der Waals surface area contributed by atoms with Crippen LogP contribution in [0.25, 0.3) is 0 Å². The van der Waals surface area contributed by atoms with Crippen molar-refractivity contribution in [2.24, 2.45) is 11.8 Å². The molecule has 0 aromatic heterocycles. The third kappa shape index (κ3) is 5.16. The summed E-state index contributed by atoms with van der Waals surface area (Å²) in [5.74, 6) is -1.30. The van der Waals surface area contributed by atoms with Gasteiger partial charge in [0.2, 0.25) is 5.91 Å². The number of esters is 1. The van der Waals surface area contributed by atoms with Crippen molar-refractivity contribution in [2.75, 3.05) is 19.8 Å². The number of rotatable bonds is 12. The van der Waals surface area contributed by atoms with Gasteiger partial charge in [-0.15, -0.1) is 0 Å². The monoisotopic (exact) mass is 499 g/mol. The Labute approximate surface area is 211 Å². The summed E-state index contributed by atoms with van der Waals surface area (Å²) in [6.07, 6.45) is 1.86. The van der Waals surface area contributed by atoms with Gasteiger partial charge in [-0.1, -0.05) is 51.3 Å². The van der Waals surface area contributed by atoms with Crippen LogP contribution in [0, 0.1) is 11.8 Å². The lowest BCUT2D eigenvalue weighted by atomic mass is 9.77. The number of hydrogen-bond donors (Lipinski definition) is 1. The summed E-state index contributed by atoms with van der Waals surface area (Å²) in [4.78, 5) is 39.5. The van der Waals surface area contributed by atoms with Crippen LogP contribution in [-0.4, -0.2) is 60.0 Å². The van der Waals surface area contributed by atoms with Crippen molar-refractivity contribution < 1.29 is 38.4 Å². The SMILES string of the molecule is C=CCOC(=O)OC(C)C1C(=O)N2C(C(=O)OCC=C)=C(COc3cccc(CO)c3CC)C(C)[C@H]12. The molecule has 0 aliphatic carbocycles. The third-order valence-corrected chi connectivity index (χ3v) is 6.57. The summed E-state index contributed by atoms with van der Waals surface area (Å²) in [6, 6.07) is 5.03. The van der Waals surface area contributed by atoms with Crippen molar-refractivity contribution in [1.82, 2.24) is 4.90 Å². The Bertz CT molecular complexity index is 1060. The second-order valence-electron chi connectivity index (χ2n) is 8.64. The minimum Gasteiger partial charge on any atom is -0.489 e. The van der Waals surface area contributed by atoms with E-state index in [0.717, 1.165) is 11.1 Å². The second-order valence-corrected chi connectivity index (χ2v) is 8.64. The van der Waals surface area contributed by atoms with E-state index in [1.165, 1.54) is 17.1 Å². The summed E-state index contributed by atoms with van der Waals surface area (Å²) in [5, 5.41) is 9.66. The van der Waals surface area contributed by atoms with Crippen molar-refractivity contribution in [3.05, 3.63) is 65.9 Å². The number of amides is 1. The summed E-state index contributed by atoms with van der Waals surface area (Å²) < 4.78 is 21.6. The van der Waals surface area contributed by atoms with Gasteiger partial charge < -0.3 is 29.0 Å². The predicted molar refractivity (Wildman–Crippen MR) is 131 cm³/mol. The van der Waals surface area contributed by atoms with Crippen LogP contribution in [0.1, 0.15) is 31.9 Å². The maximum absolute atomic E-state index is 13.2. The summed E-state index contributed by atoms with van der Waals surface area (Å²) >= 11 is 0. The van der Waals surface area contributed by atoms with E-state index in [0.29, 0.717) is 17.7 Å². The normalized spacial score (nSPS) is 21.3. The number of ether oxygens (including phenoxy) is 4. The summed E-state index contributed by atoms with van der Waals surface area (Å²) in [5.41, 5.74) is 2.40. The number of β-lactam (4-membered cyclic amide) rings is 1. The molecule has 2 heterocycles. The molecule has 194 valence electrons. The van der Waals surface area contributed by atoms with Gasteiger partial charge in [0.15, 0.2) is 0 Å². The van der Waals surface area contributed by atoms with Crippen molar-refractivity contribution in [1.29, 1.82) is 0 Å². The molecule has 3 rings (SSSR count). The fourth-order valence-corrected chi connectivity index (χ4v) is 4.85. The number of aliphatic hydroxyl groups is 1. The van der Waals surface area contributed by atoms with E-state index >= 15 is 0 Å². The van der Waals surface area contributed by atoms with Crippen LogP contribution < -0.4 is 4.74 Å². The molecular formula is C27H33NO8. The number of nitrogens with zero attached hydrogens (tertiary/aromatic N) is 1. The van der Waals surface area contributed by atoms with E-state index < -0.39 is 30.2 Å². The molecule has 3 unspecified atom stereocenters. The van der Waals surface area contributed by atoms with Gasteiger partial charge in [-0.3, -0.25) is 4.79 Å². The minimum absolute atomic E-state index is 0.00428. The molecule has 1 aromatic carbocycles. The lowest BCUT2D eigenvalue weighted by molar-refractivity contribution is -0.164. The lowest BCUT2D eigenvalue weighted by Crippen LogP contribution is -2.64. The number of hydrogen-bond acceptors (Lipinski definition) is 8. The molecule has 1 N–H and O–H groups in total. The fourth-order valence-electron chi connectivity index (χ4n) is 4.85. The average Bonchev–Trinajstić information content (AvgIpc) is 3.11. The van der Waals surface area contributed by atoms with Crippen molar-refractivity contribution >= 4 is 18.0 Å². The molecule has 4 atom stereocenters. The Morgan fingerprint density at radius 2 is 1.89 bits per heavy atom. The molecule has 0 bridgehead atoms. The highest BCUT2D eigenvalue weighted by molar-refractivity contribution is 6.01. The fraction of sp³-hybridized carbons (Fsp3) is 0.444. The van der Waals surface area contributed by atoms with Crippen molar-refractivity contribution in [3.8, 4) is 5.75 Å². The zero-order valence-electron chi connectivity index (χ0n) is 20.9. The van der Waals surface area contributed by atoms with Crippen LogP contribution in [0.2, 0.25) is 0 Å². The molecule has 0 saturated carbocycles. The first-order chi connectivity index (χ1) is 17.3. The van der Waals surface area contributed by atoms with Crippen LogP contribution >= 0.6 is 0 Å². The van der Waals surface area contributed by atoms with E-state index in [9.17, 15) is 19.5 Å². The number of fused-ring (bicyclic) bond motifs is 1. The van der Waals surface area contributed by atoms with Gasteiger partial charge in [-0.2, -0.15) is 0 Å². The van der Waals surface area contributed by atoms with E-state index in [2.05, 4.69) is 13.2 Å². The number of aliphatic hydroxyl groups excluding tert-OH is 1. The van der Waals surface area contributed by atoms with Gasteiger partial charge in [0, 0.05) is 11.5 Å². The molecule has 9 nitrogen and oxygen atoms in total. The van der Waals surface area contributed by atoms with E-state index in [-0.39, 0.29) is 43.9 Å². The highest BCUT2D eigenvalue weighted by atomic mass is 16.7. The van der Waals surface area contributed by atoms with Gasteiger partial charge in [0.25, 0.3) is 0 Å². The van der Waals surface area contributed by atoms with Crippen LogP contribution in [0.15, 0.2) is 54.8 Å². The first-order valence-electron chi connectivity index (χ1n) is 11.9. The molecule has 1 amide bonds. The first kappa shape index (κ1) is 27.0. The van der Waals surface area contributed by atoms with Gasteiger partial charge >= 0.3 is 12.1 Å². The highest BCUT2D eigenvalue weighted by Crippen LogP contribution is 2.48. The van der Waals surface area contributed by atoms with E-state index in [1.54, 1.807) is 13.0 Å². The summed E-state index contributed by atoms with van der Waals surface area (Å²) in [6.45, 7) is 12.5. The van der Waals surface area contributed by atoms with Crippen molar-refractivity contribution in [2.45, 2.75) is 45.9 Å². The standard InChI is InChI=1S/C27H33NO8/c1-6-12-33-26(31)24-20(15-35-21-11-9-10-18(14-29)19(21)8-3)16(4)23-22(25(30)28(23)24)17(5)36-27(32)34-13-7-2/h6-7,9-11,16-17,22-23,29H,1-2,8,12-15H2,3-5H3/t16?,17?,22?,23-/m1/s1. The molecule has 36 heavy (non-hydrogen) atoms. The number of carbonyl (C=O) groups excluding carboxylic acids is 3. The molecule has 1 aromatic rings. The van der Waals surface area contributed by atoms with Crippen LogP contribution in [-0.2, 0) is 36.8 Å². The smallest absolute Gasteiger partial charge is 0.489 e. The molecule has 1 saturated heterocycles. The zero-order chi connectivity index (χ0) is 26.4. The number of benzene rings is 1. The Balaban J connectivity index is 1.86. The molecular weight excluding hydrogens is 466 g/mol.